The largest absolute Gasteiger partial charge is 0.419 e. The third-order valence-electron chi connectivity index (χ3n) is 8.78. The van der Waals surface area contributed by atoms with E-state index in [2.05, 4.69) is 48.3 Å². The van der Waals surface area contributed by atoms with Crippen LogP contribution >= 0.6 is 0 Å². The molecule has 9 heteroatoms. The van der Waals surface area contributed by atoms with Crippen LogP contribution in [0.3, 0.4) is 0 Å². The van der Waals surface area contributed by atoms with Gasteiger partial charge in [0.1, 0.15) is 5.82 Å². The smallest absolute Gasteiger partial charge is 0.248 e. The van der Waals surface area contributed by atoms with Crippen LogP contribution in [0.25, 0.3) is 11.5 Å². The number of aromatic nitrogens is 3. The molecule has 210 valence electrons. The zero-order chi connectivity index (χ0) is 27.7. The predicted molar refractivity (Wildman–Crippen MR) is 154 cm³/mol. The maximum atomic E-state index is 12.3. The van der Waals surface area contributed by atoms with Crippen molar-refractivity contribution in [3.8, 4) is 11.5 Å². The predicted octanol–water partition coefficient (Wildman–Crippen LogP) is 5.65. The third kappa shape index (κ3) is 6.52. The van der Waals surface area contributed by atoms with E-state index in [9.17, 15) is 8.42 Å². The molecule has 0 saturated heterocycles. The molecule has 0 amide bonds. The van der Waals surface area contributed by atoms with Crippen molar-refractivity contribution in [3.05, 3.63) is 59.1 Å². The lowest BCUT2D eigenvalue weighted by atomic mass is 9.92. The van der Waals surface area contributed by atoms with Gasteiger partial charge in [0, 0.05) is 18.3 Å². The molecular weight excluding hydrogens is 510 g/mol. The highest BCUT2D eigenvalue weighted by Crippen LogP contribution is 2.44. The lowest BCUT2D eigenvalue weighted by Gasteiger charge is -2.18. The van der Waals surface area contributed by atoms with Crippen LogP contribution < -0.4 is 10.0 Å². The number of sulfonamides is 1. The van der Waals surface area contributed by atoms with Gasteiger partial charge in [0.25, 0.3) is 0 Å². The van der Waals surface area contributed by atoms with Crippen LogP contribution in [0, 0.1) is 17.8 Å². The lowest BCUT2D eigenvalue weighted by molar-refractivity contribution is 0.403. The number of anilines is 1. The summed E-state index contributed by atoms with van der Waals surface area (Å²) in [5.74, 6) is 3.78. The second-order valence-electron chi connectivity index (χ2n) is 11.7. The molecule has 8 nitrogen and oxygen atoms in total. The van der Waals surface area contributed by atoms with Crippen LogP contribution in [-0.4, -0.2) is 36.9 Å². The molecule has 1 aromatic carbocycles. The number of nitrogens with zero attached hydrogens (tertiary/aromatic N) is 4. The molecule has 0 radical (unpaired) electrons. The van der Waals surface area contributed by atoms with Crippen molar-refractivity contribution in [1.82, 2.24) is 15.2 Å². The van der Waals surface area contributed by atoms with Crippen LogP contribution in [0.1, 0.15) is 87.0 Å². The Kier molecular flexibility index (Phi) is 8.10. The first kappa shape index (κ1) is 27.8. The number of pyridine rings is 1. The summed E-state index contributed by atoms with van der Waals surface area (Å²) in [5.41, 5.74) is 10.8. The van der Waals surface area contributed by atoms with Crippen LogP contribution in [0.5, 0.6) is 0 Å². The molecule has 2 heterocycles. The van der Waals surface area contributed by atoms with Crippen molar-refractivity contribution in [1.29, 1.82) is 0 Å². The highest BCUT2D eigenvalue weighted by atomic mass is 32.2. The molecule has 0 aliphatic heterocycles. The maximum Gasteiger partial charge on any atom is 0.248 e. The Morgan fingerprint density at radius 1 is 1.18 bits per heavy atom. The van der Waals surface area contributed by atoms with E-state index in [4.69, 9.17) is 15.1 Å². The van der Waals surface area contributed by atoms with Crippen LogP contribution in [-0.2, 0) is 22.9 Å². The number of fused-ring (bicyclic) bond motifs is 1. The third-order valence-corrected chi connectivity index (χ3v) is 9.97. The van der Waals surface area contributed by atoms with E-state index in [-0.39, 0.29) is 6.04 Å². The Bertz CT molecular complexity index is 1410. The number of hydrogen-bond acceptors (Lipinski definition) is 7. The Labute approximate surface area is 232 Å². The molecule has 2 N–H and O–H groups in total. The SMILES string of the molecule is CCC(CCc1cc(-c2nnc(C(N)CC3CCc4ccccc43)o2)cc(N(C)S(C)(=O)=O)n1)CC1CC1C. The number of nitrogens with two attached hydrogens (primary N) is 1. The molecular formula is C30H41N5O3S. The van der Waals surface area contributed by atoms with Gasteiger partial charge in [0.2, 0.25) is 21.8 Å². The van der Waals surface area contributed by atoms with Gasteiger partial charge in [-0.15, -0.1) is 10.2 Å². The van der Waals surface area contributed by atoms with E-state index in [1.54, 1.807) is 6.07 Å². The normalized spacial score (nSPS) is 21.9. The van der Waals surface area contributed by atoms with E-state index in [0.29, 0.717) is 35.0 Å². The topological polar surface area (TPSA) is 115 Å². The fourth-order valence-corrected chi connectivity index (χ4v) is 6.38. The van der Waals surface area contributed by atoms with E-state index >= 15 is 0 Å². The summed E-state index contributed by atoms with van der Waals surface area (Å²) in [5, 5.41) is 8.59. The highest BCUT2D eigenvalue weighted by Gasteiger charge is 2.34. The second kappa shape index (κ2) is 11.4. The molecule has 3 aromatic rings. The molecule has 1 fully saturated rings. The van der Waals surface area contributed by atoms with Gasteiger partial charge in [-0.25, -0.2) is 13.4 Å². The summed E-state index contributed by atoms with van der Waals surface area (Å²) in [6.07, 6.45) is 9.55. The Hall–Kier alpha value is -2.78. The minimum Gasteiger partial charge on any atom is -0.419 e. The molecule has 0 bridgehead atoms. The molecule has 5 atom stereocenters. The molecule has 2 aliphatic rings. The van der Waals surface area contributed by atoms with E-state index in [0.717, 1.165) is 56.1 Å². The fourth-order valence-electron chi connectivity index (χ4n) is 5.95. The van der Waals surface area contributed by atoms with Gasteiger partial charge >= 0.3 is 0 Å². The summed E-state index contributed by atoms with van der Waals surface area (Å²) in [4.78, 5) is 4.71. The molecule has 2 aliphatic carbocycles. The first-order chi connectivity index (χ1) is 18.6. The van der Waals surface area contributed by atoms with Crippen molar-refractivity contribution in [3.63, 3.8) is 0 Å². The van der Waals surface area contributed by atoms with Crippen molar-refractivity contribution < 1.29 is 12.8 Å². The number of rotatable bonds is 12. The van der Waals surface area contributed by atoms with Gasteiger partial charge < -0.3 is 10.2 Å². The summed E-state index contributed by atoms with van der Waals surface area (Å²) < 4.78 is 31.9. The highest BCUT2D eigenvalue weighted by molar-refractivity contribution is 7.92. The van der Waals surface area contributed by atoms with Crippen LogP contribution in [0.15, 0.2) is 40.8 Å². The van der Waals surface area contributed by atoms with Crippen molar-refractivity contribution in [2.45, 2.75) is 77.2 Å². The van der Waals surface area contributed by atoms with Gasteiger partial charge in [-0.3, -0.25) is 4.31 Å². The first-order valence-electron chi connectivity index (χ1n) is 14.2. The van der Waals surface area contributed by atoms with Gasteiger partial charge in [0.05, 0.1) is 12.3 Å². The number of benzene rings is 1. The Balaban J connectivity index is 1.35. The average Bonchev–Trinajstić information content (AvgIpc) is 3.27. The summed E-state index contributed by atoms with van der Waals surface area (Å²) in [6.45, 7) is 4.57. The van der Waals surface area contributed by atoms with Crippen LogP contribution in [0.4, 0.5) is 5.82 Å². The standard InChI is InChI=1S/C30H41N5O3S/c1-5-20(15-23-14-19(23)2)10-13-25-16-24(18-28(32-25)35(3)39(4,36)37)29-33-34-30(38-29)27(31)17-22-12-11-21-8-6-7-9-26(21)22/h6-9,16,18-20,22-23,27H,5,10-15,17,31H2,1-4H3. The zero-order valence-corrected chi connectivity index (χ0v) is 24.3. The summed E-state index contributed by atoms with van der Waals surface area (Å²) in [6, 6.07) is 11.8. The zero-order valence-electron chi connectivity index (χ0n) is 23.5. The van der Waals surface area contributed by atoms with Gasteiger partial charge in [-0.1, -0.05) is 44.5 Å². The molecule has 5 rings (SSSR count). The van der Waals surface area contributed by atoms with Gasteiger partial charge in [-0.2, -0.15) is 0 Å². The Morgan fingerprint density at radius 3 is 2.67 bits per heavy atom. The maximum absolute atomic E-state index is 12.3. The monoisotopic (exact) mass is 551 g/mol. The second-order valence-corrected chi connectivity index (χ2v) is 13.7. The minimum atomic E-state index is -3.48. The Morgan fingerprint density at radius 2 is 1.95 bits per heavy atom. The minimum absolute atomic E-state index is 0.331. The first-order valence-corrected chi connectivity index (χ1v) is 16.1. The van der Waals surface area contributed by atoms with Crippen LogP contribution in [0.2, 0.25) is 0 Å². The van der Waals surface area contributed by atoms with Crippen molar-refractivity contribution >= 4 is 15.8 Å². The number of aryl methyl sites for hydroxylation is 2. The van der Waals surface area contributed by atoms with E-state index in [1.807, 2.05) is 6.07 Å². The fraction of sp³-hybridized carbons (Fsp3) is 0.567. The molecule has 5 unspecified atom stereocenters. The van der Waals surface area contributed by atoms with Crippen molar-refractivity contribution in [2.75, 3.05) is 17.6 Å². The van der Waals surface area contributed by atoms with E-state index in [1.165, 1.54) is 41.6 Å². The van der Waals surface area contributed by atoms with Gasteiger partial charge in [0.15, 0.2) is 0 Å². The summed E-state index contributed by atoms with van der Waals surface area (Å²) >= 11 is 0. The molecule has 1 saturated carbocycles. The summed E-state index contributed by atoms with van der Waals surface area (Å²) in [7, 11) is -1.97. The number of hydrogen-bond donors (Lipinski definition) is 1. The lowest BCUT2D eigenvalue weighted by Crippen LogP contribution is -2.26. The quantitative estimate of drug-likeness (QED) is 0.309. The molecule has 39 heavy (non-hydrogen) atoms. The van der Waals surface area contributed by atoms with Gasteiger partial charge in [-0.05, 0) is 91.9 Å². The van der Waals surface area contributed by atoms with Crippen molar-refractivity contribution in [2.24, 2.45) is 23.5 Å². The van der Waals surface area contributed by atoms with E-state index < -0.39 is 10.0 Å². The average molecular weight is 552 g/mol. The molecule has 0 spiro atoms. The molecule has 2 aromatic heterocycles.